The van der Waals surface area contributed by atoms with Crippen LogP contribution in [0.15, 0.2) is 42.5 Å². The Morgan fingerprint density at radius 1 is 0.588 bits per heavy atom. The maximum absolute atomic E-state index is 13.2. The Kier molecular flexibility index (Phi) is 24.5. The second kappa shape index (κ2) is 29.3. The molecular formula is C47H68N4O17. The third kappa shape index (κ3) is 23.4. The Labute approximate surface area is 397 Å². The monoisotopic (exact) mass is 960 g/mol. The third-order valence-electron chi connectivity index (χ3n) is 9.32. The van der Waals surface area contributed by atoms with Gasteiger partial charge in [-0.15, -0.1) is 0 Å². The second-order valence-corrected chi connectivity index (χ2v) is 17.6. The molecule has 378 valence electrons. The lowest BCUT2D eigenvalue weighted by Crippen LogP contribution is -2.42. The van der Waals surface area contributed by atoms with E-state index in [1.54, 1.807) is 60.6 Å². The van der Waals surface area contributed by atoms with E-state index in [1.165, 1.54) is 30.4 Å². The summed E-state index contributed by atoms with van der Waals surface area (Å²) >= 11 is 0. The minimum absolute atomic E-state index is 0.0211. The zero-order valence-electron chi connectivity index (χ0n) is 40.3. The van der Waals surface area contributed by atoms with E-state index in [1.807, 2.05) is 0 Å². The van der Waals surface area contributed by atoms with Crippen molar-refractivity contribution in [3.63, 3.8) is 0 Å². The highest BCUT2D eigenvalue weighted by atomic mass is 16.6. The first kappa shape index (κ1) is 56.7. The molecule has 2 aliphatic heterocycles. The fourth-order valence-corrected chi connectivity index (χ4v) is 6.17. The van der Waals surface area contributed by atoms with Gasteiger partial charge in [0.15, 0.2) is 5.75 Å². The predicted octanol–water partition coefficient (Wildman–Crippen LogP) is 3.06. The molecule has 0 spiro atoms. The van der Waals surface area contributed by atoms with Crippen LogP contribution in [0.1, 0.15) is 73.3 Å². The first-order valence-electron chi connectivity index (χ1n) is 22.6. The van der Waals surface area contributed by atoms with Gasteiger partial charge in [-0.3, -0.25) is 43.4 Å². The van der Waals surface area contributed by atoms with Crippen molar-refractivity contribution < 1.29 is 81.0 Å². The zero-order valence-corrected chi connectivity index (χ0v) is 40.3. The Hall–Kier alpha value is -5.58. The van der Waals surface area contributed by atoms with Gasteiger partial charge < -0.3 is 53.3 Å². The predicted molar refractivity (Wildman–Crippen MR) is 243 cm³/mol. The number of imide groups is 2. The van der Waals surface area contributed by atoms with E-state index in [-0.39, 0.29) is 153 Å². The lowest BCUT2D eigenvalue weighted by molar-refractivity contribution is -0.160. The van der Waals surface area contributed by atoms with Crippen LogP contribution in [-0.2, 0) is 77.9 Å². The summed E-state index contributed by atoms with van der Waals surface area (Å²) in [6.07, 6.45) is 4.39. The minimum atomic E-state index is -0.782. The van der Waals surface area contributed by atoms with Gasteiger partial charge in [0.2, 0.25) is 5.91 Å². The van der Waals surface area contributed by atoms with Gasteiger partial charge >= 0.3 is 18.0 Å². The van der Waals surface area contributed by atoms with E-state index in [9.17, 15) is 38.4 Å². The Bertz CT molecular complexity index is 1890. The number of nitrogens with zero attached hydrogens (tertiary/aromatic N) is 2. The number of esters is 2. The smallest absolute Gasteiger partial charge is 0.407 e. The van der Waals surface area contributed by atoms with Crippen molar-refractivity contribution in [1.82, 2.24) is 15.1 Å². The van der Waals surface area contributed by atoms with E-state index in [0.29, 0.717) is 5.56 Å². The molecule has 0 aliphatic carbocycles. The van der Waals surface area contributed by atoms with Gasteiger partial charge in [-0.05, 0) is 72.1 Å². The number of carbonyl (C=O) groups excluding carboxylic acids is 8. The van der Waals surface area contributed by atoms with Gasteiger partial charge in [0.05, 0.1) is 117 Å². The van der Waals surface area contributed by atoms with Crippen LogP contribution in [0.25, 0.3) is 0 Å². The molecule has 0 radical (unpaired) electrons. The van der Waals surface area contributed by atoms with Crippen molar-refractivity contribution in [2.45, 2.75) is 91.4 Å². The molecule has 6 amide bonds. The number of anilines is 1. The normalized spacial score (nSPS) is 14.7. The van der Waals surface area contributed by atoms with Gasteiger partial charge in [0, 0.05) is 30.3 Å². The quantitative estimate of drug-likeness (QED) is 0.0456. The van der Waals surface area contributed by atoms with Crippen molar-refractivity contribution in [1.29, 1.82) is 0 Å². The molecule has 2 N–H and O–H groups in total. The number of hydrogen-bond donors (Lipinski definition) is 2. The molecule has 21 nitrogen and oxygen atoms in total. The number of benzene rings is 1. The SMILES string of the molecule is C[C@H](C[C@H](Cc1ccc(OC(=O)CCOCCOCCOCCN2C(=O)C=CC2=O)c(NC(=O)CCOCCOCCOCCN2C(=O)C=CC2=O)c1)NC(=O)OC(C)(C)C)C(=O)OC(C)(C)C. The van der Waals surface area contributed by atoms with Crippen molar-refractivity contribution in [3.8, 4) is 5.75 Å². The second-order valence-electron chi connectivity index (χ2n) is 17.6. The summed E-state index contributed by atoms with van der Waals surface area (Å²) in [7, 11) is 0. The summed E-state index contributed by atoms with van der Waals surface area (Å²) in [5, 5.41) is 5.66. The van der Waals surface area contributed by atoms with Crippen LogP contribution < -0.4 is 15.4 Å². The first-order valence-corrected chi connectivity index (χ1v) is 22.6. The number of carbonyl (C=O) groups is 8. The minimum Gasteiger partial charge on any atom is -0.460 e. The molecule has 0 fully saturated rings. The summed E-state index contributed by atoms with van der Waals surface area (Å²) in [6, 6.07) is 4.22. The number of ether oxygens (including phenoxy) is 9. The van der Waals surface area contributed by atoms with Crippen LogP contribution in [-0.4, -0.2) is 167 Å². The van der Waals surface area contributed by atoms with Crippen LogP contribution in [0.4, 0.5) is 10.5 Å². The summed E-state index contributed by atoms with van der Waals surface area (Å²) in [5.41, 5.74) is -0.682. The third-order valence-corrected chi connectivity index (χ3v) is 9.32. The molecule has 2 aliphatic rings. The van der Waals surface area contributed by atoms with E-state index < -0.39 is 47.1 Å². The first-order chi connectivity index (χ1) is 32.2. The maximum atomic E-state index is 13.2. The highest BCUT2D eigenvalue weighted by molar-refractivity contribution is 6.13. The van der Waals surface area contributed by atoms with Crippen LogP contribution in [0, 0.1) is 5.92 Å². The molecule has 2 heterocycles. The topological polar surface area (TPSA) is 250 Å². The van der Waals surface area contributed by atoms with Gasteiger partial charge in [-0.1, -0.05) is 13.0 Å². The number of alkyl carbamates (subject to hydrolysis) is 1. The van der Waals surface area contributed by atoms with Gasteiger partial charge in [-0.25, -0.2) is 4.79 Å². The Morgan fingerprint density at radius 3 is 1.50 bits per heavy atom. The Balaban J connectivity index is 1.52. The van der Waals surface area contributed by atoms with Gasteiger partial charge in [0.1, 0.15) is 11.2 Å². The molecule has 0 bridgehead atoms. The number of hydrogen-bond acceptors (Lipinski definition) is 17. The lowest BCUT2D eigenvalue weighted by atomic mass is 9.95. The molecule has 0 saturated heterocycles. The average Bonchev–Trinajstić information content (AvgIpc) is 3.74. The molecule has 1 aromatic carbocycles. The fourth-order valence-electron chi connectivity index (χ4n) is 6.17. The molecule has 68 heavy (non-hydrogen) atoms. The number of amides is 6. The Morgan fingerprint density at radius 2 is 1.03 bits per heavy atom. The lowest BCUT2D eigenvalue weighted by Gasteiger charge is -2.27. The van der Waals surface area contributed by atoms with Crippen molar-refractivity contribution >= 4 is 53.3 Å². The molecule has 0 saturated carbocycles. The number of rotatable bonds is 32. The van der Waals surface area contributed by atoms with Crippen LogP contribution in [0.2, 0.25) is 0 Å². The van der Waals surface area contributed by atoms with Crippen molar-refractivity contribution in [2.75, 3.05) is 97.7 Å². The molecule has 3 rings (SSSR count). The molecule has 2 atom stereocenters. The van der Waals surface area contributed by atoms with Gasteiger partial charge in [0.25, 0.3) is 23.6 Å². The van der Waals surface area contributed by atoms with Crippen LogP contribution >= 0.6 is 0 Å². The summed E-state index contributed by atoms with van der Waals surface area (Å²) in [6.45, 7) is 14.8. The average molecular weight is 961 g/mol. The fraction of sp³-hybridized carbons (Fsp3) is 0.617. The largest absolute Gasteiger partial charge is 0.460 e. The van der Waals surface area contributed by atoms with E-state index in [0.717, 1.165) is 9.80 Å². The van der Waals surface area contributed by atoms with Crippen molar-refractivity contribution in [3.05, 3.63) is 48.1 Å². The highest BCUT2D eigenvalue weighted by Gasteiger charge is 2.28. The molecule has 0 aromatic heterocycles. The molecule has 21 heteroatoms. The summed E-state index contributed by atoms with van der Waals surface area (Å²) < 4.78 is 49.6. The van der Waals surface area contributed by atoms with E-state index in [4.69, 9.17) is 42.6 Å². The summed E-state index contributed by atoms with van der Waals surface area (Å²) in [4.78, 5) is 101. The highest BCUT2D eigenvalue weighted by Crippen LogP contribution is 2.28. The van der Waals surface area contributed by atoms with Crippen LogP contribution in [0.3, 0.4) is 0 Å². The molecular weight excluding hydrogens is 893 g/mol. The standard InChI is InChI=1S/C47H68N4O17/c1-33(44(58)67-46(2,3)4)30-35(48-45(59)68-47(5,6)7)31-34-8-9-37(66-43(57)15-19-61-23-27-65-29-25-63-21-17-51-41(55)12-13-42(51)56)36(32-34)49-38(52)14-18-60-22-26-64-28-24-62-20-16-50-39(53)10-11-40(50)54/h8-13,32-33,35H,14-31H2,1-7H3,(H,48,59)(H,49,52)/t33-,35-/m1/s1. The van der Waals surface area contributed by atoms with Gasteiger partial charge in [-0.2, -0.15) is 0 Å². The number of nitrogens with one attached hydrogen (secondary N) is 2. The van der Waals surface area contributed by atoms with Crippen molar-refractivity contribution in [2.24, 2.45) is 5.92 Å². The zero-order chi connectivity index (χ0) is 50.1. The summed E-state index contributed by atoms with van der Waals surface area (Å²) in [5.74, 6) is -3.54. The molecule has 0 unspecified atom stereocenters. The van der Waals surface area contributed by atoms with E-state index in [2.05, 4.69) is 10.6 Å². The van der Waals surface area contributed by atoms with Crippen LogP contribution in [0.5, 0.6) is 5.75 Å². The maximum Gasteiger partial charge on any atom is 0.407 e. The van der Waals surface area contributed by atoms with E-state index >= 15 is 0 Å². The molecule has 1 aromatic rings.